The SMILES string of the molecule is CC(=O)C(N=Cc1cc(C(C)(C)C)cc(-c2ccccc2)c1O)(c1ccccc1)c1ccccc1. The van der Waals surface area contributed by atoms with Gasteiger partial charge in [0.2, 0.25) is 0 Å². The topological polar surface area (TPSA) is 49.7 Å². The van der Waals surface area contributed by atoms with Gasteiger partial charge in [-0.15, -0.1) is 0 Å². The number of carbonyl (C=O) groups excluding carboxylic acids is 1. The first kappa shape index (κ1) is 24.2. The summed E-state index contributed by atoms with van der Waals surface area (Å²) in [7, 11) is 0. The fourth-order valence-electron chi connectivity index (χ4n) is 4.36. The molecule has 0 aliphatic heterocycles. The summed E-state index contributed by atoms with van der Waals surface area (Å²) in [6, 6.07) is 33.0. The first-order chi connectivity index (χ1) is 16.7. The minimum Gasteiger partial charge on any atom is -0.507 e. The van der Waals surface area contributed by atoms with Crippen LogP contribution < -0.4 is 0 Å². The Morgan fingerprint density at radius 3 is 1.69 bits per heavy atom. The summed E-state index contributed by atoms with van der Waals surface area (Å²) in [5, 5.41) is 11.3. The highest BCUT2D eigenvalue weighted by Gasteiger charge is 2.38. The summed E-state index contributed by atoms with van der Waals surface area (Å²) < 4.78 is 0. The molecule has 0 radical (unpaired) electrons. The third kappa shape index (κ3) is 4.81. The van der Waals surface area contributed by atoms with Gasteiger partial charge in [0.1, 0.15) is 5.75 Å². The van der Waals surface area contributed by atoms with Gasteiger partial charge in [-0.2, -0.15) is 0 Å². The molecule has 0 aliphatic carbocycles. The molecule has 0 unspecified atom stereocenters. The van der Waals surface area contributed by atoms with Gasteiger partial charge in [0.25, 0.3) is 0 Å². The number of aliphatic imine (C=N–C) groups is 1. The monoisotopic (exact) mass is 461 g/mol. The smallest absolute Gasteiger partial charge is 0.168 e. The first-order valence-electron chi connectivity index (χ1n) is 11.8. The maximum Gasteiger partial charge on any atom is 0.168 e. The second-order valence-corrected chi connectivity index (χ2v) is 9.83. The molecule has 0 saturated carbocycles. The predicted molar refractivity (Wildman–Crippen MR) is 144 cm³/mol. The Morgan fingerprint density at radius 2 is 1.23 bits per heavy atom. The molecule has 4 rings (SSSR count). The van der Waals surface area contributed by atoms with Crippen molar-refractivity contribution in [1.82, 2.24) is 0 Å². The minimum atomic E-state index is -1.22. The molecule has 3 nitrogen and oxygen atoms in total. The molecule has 4 aromatic carbocycles. The molecule has 3 heteroatoms. The van der Waals surface area contributed by atoms with Gasteiger partial charge in [-0.3, -0.25) is 9.79 Å². The molecule has 0 amide bonds. The molecule has 0 atom stereocenters. The molecular weight excluding hydrogens is 430 g/mol. The molecular formula is C32H31NO2. The number of nitrogens with zero attached hydrogens (tertiary/aromatic N) is 1. The summed E-state index contributed by atoms with van der Waals surface area (Å²) >= 11 is 0. The number of hydrogen-bond donors (Lipinski definition) is 1. The molecule has 0 bridgehead atoms. The van der Waals surface area contributed by atoms with Crippen LogP contribution in [0.2, 0.25) is 0 Å². The van der Waals surface area contributed by atoms with E-state index in [-0.39, 0.29) is 16.9 Å². The summed E-state index contributed by atoms with van der Waals surface area (Å²) in [4.78, 5) is 18.3. The second kappa shape index (κ2) is 9.71. The number of ketones is 1. The number of carbonyl (C=O) groups is 1. The van der Waals surface area contributed by atoms with Gasteiger partial charge in [0.15, 0.2) is 11.3 Å². The van der Waals surface area contributed by atoms with Crippen molar-refractivity contribution in [2.45, 2.75) is 38.6 Å². The standard InChI is InChI=1S/C32H31NO2/c1-23(34)32(26-16-10-6-11-17-26,27-18-12-7-13-19-27)33-22-25-20-28(31(2,3)4)21-29(30(25)35)24-14-8-5-9-15-24/h5-22,35H,1-4H3. The van der Waals surface area contributed by atoms with Crippen molar-refractivity contribution in [2.24, 2.45) is 4.99 Å². The zero-order chi connectivity index (χ0) is 25.1. The maximum absolute atomic E-state index is 13.3. The van der Waals surface area contributed by atoms with E-state index < -0.39 is 5.54 Å². The molecule has 35 heavy (non-hydrogen) atoms. The van der Waals surface area contributed by atoms with Crippen molar-refractivity contribution in [2.75, 3.05) is 0 Å². The molecule has 0 fully saturated rings. The summed E-state index contributed by atoms with van der Waals surface area (Å²) in [6.07, 6.45) is 1.65. The van der Waals surface area contributed by atoms with Gasteiger partial charge < -0.3 is 5.11 Å². The quantitative estimate of drug-likeness (QED) is 0.306. The van der Waals surface area contributed by atoms with E-state index in [2.05, 4.69) is 20.8 Å². The zero-order valence-corrected chi connectivity index (χ0v) is 20.7. The number of aromatic hydroxyl groups is 1. The normalized spacial score (nSPS) is 12.1. The Bertz CT molecular complexity index is 1300. The summed E-state index contributed by atoms with van der Waals surface area (Å²) in [6.45, 7) is 7.99. The van der Waals surface area contributed by atoms with Crippen LogP contribution in [-0.4, -0.2) is 17.1 Å². The van der Waals surface area contributed by atoms with Crippen LogP contribution >= 0.6 is 0 Å². The van der Waals surface area contributed by atoms with Crippen molar-refractivity contribution in [3.8, 4) is 16.9 Å². The lowest BCUT2D eigenvalue weighted by molar-refractivity contribution is -0.120. The van der Waals surface area contributed by atoms with Crippen LogP contribution in [0.5, 0.6) is 5.75 Å². The Labute approximate surface area is 207 Å². The Hall–Kier alpha value is -3.98. The van der Waals surface area contributed by atoms with Crippen LogP contribution in [-0.2, 0) is 15.7 Å². The highest BCUT2D eigenvalue weighted by atomic mass is 16.3. The number of Topliss-reactive ketones (excluding diaryl/α,β-unsaturated/α-hetero) is 1. The van der Waals surface area contributed by atoms with Crippen molar-refractivity contribution < 1.29 is 9.90 Å². The Balaban J connectivity index is 1.96. The highest BCUT2D eigenvalue weighted by molar-refractivity contribution is 5.96. The van der Waals surface area contributed by atoms with Crippen LogP contribution in [0.15, 0.2) is 108 Å². The van der Waals surface area contributed by atoms with Crippen LogP contribution in [0, 0.1) is 0 Å². The average Bonchev–Trinajstić information content (AvgIpc) is 2.86. The second-order valence-electron chi connectivity index (χ2n) is 9.83. The molecule has 0 aliphatic rings. The van der Waals surface area contributed by atoms with Crippen molar-refractivity contribution in [1.29, 1.82) is 0 Å². The van der Waals surface area contributed by atoms with Gasteiger partial charge >= 0.3 is 0 Å². The average molecular weight is 462 g/mol. The minimum absolute atomic E-state index is 0.0964. The van der Waals surface area contributed by atoms with Crippen molar-refractivity contribution in [3.63, 3.8) is 0 Å². The van der Waals surface area contributed by atoms with Gasteiger partial charge in [-0.1, -0.05) is 112 Å². The third-order valence-corrected chi connectivity index (χ3v) is 6.38. The molecule has 176 valence electrons. The fraction of sp³-hybridized carbons (Fsp3) is 0.188. The third-order valence-electron chi connectivity index (χ3n) is 6.38. The predicted octanol–water partition coefficient (Wildman–Crippen LogP) is 7.31. The lowest BCUT2D eigenvalue weighted by Crippen LogP contribution is -2.33. The van der Waals surface area contributed by atoms with E-state index in [1.54, 1.807) is 13.1 Å². The number of benzene rings is 4. The highest BCUT2D eigenvalue weighted by Crippen LogP contribution is 2.39. The number of rotatable bonds is 6. The Morgan fingerprint density at radius 1 is 0.743 bits per heavy atom. The lowest BCUT2D eigenvalue weighted by Gasteiger charge is -2.29. The van der Waals surface area contributed by atoms with E-state index in [0.717, 1.165) is 27.8 Å². The zero-order valence-electron chi connectivity index (χ0n) is 20.7. The maximum atomic E-state index is 13.3. The van der Waals surface area contributed by atoms with E-state index in [4.69, 9.17) is 4.99 Å². The largest absolute Gasteiger partial charge is 0.507 e. The van der Waals surface area contributed by atoms with Crippen LogP contribution in [0.25, 0.3) is 11.1 Å². The summed E-state index contributed by atoms with van der Waals surface area (Å²) in [5.41, 5.74) is 3.52. The van der Waals surface area contributed by atoms with E-state index in [9.17, 15) is 9.90 Å². The van der Waals surface area contributed by atoms with E-state index in [0.29, 0.717) is 5.56 Å². The first-order valence-corrected chi connectivity index (χ1v) is 11.8. The Kier molecular flexibility index (Phi) is 6.70. The van der Waals surface area contributed by atoms with Gasteiger partial charge in [-0.25, -0.2) is 0 Å². The molecule has 0 heterocycles. The molecule has 4 aromatic rings. The summed E-state index contributed by atoms with van der Waals surface area (Å²) in [5.74, 6) is 0.0485. The van der Waals surface area contributed by atoms with E-state index in [1.165, 1.54) is 0 Å². The van der Waals surface area contributed by atoms with E-state index >= 15 is 0 Å². The van der Waals surface area contributed by atoms with Crippen LogP contribution in [0.1, 0.15) is 49.9 Å². The molecule has 0 aromatic heterocycles. The molecule has 1 N–H and O–H groups in total. The molecule has 0 spiro atoms. The van der Waals surface area contributed by atoms with Crippen LogP contribution in [0.3, 0.4) is 0 Å². The van der Waals surface area contributed by atoms with Gasteiger partial charge in [0, 0.05) is 17.3 Å². The number of phenolic OH excluding ortho intramolecular Hbond substituents is 1. The van der Waals surface area contributed by atoms with Crippen molar-refractivity contribution in [3.05, 3.63) is 125 Å². The number of phenols is 1. The fourth-order valence-corrected chi connectivity index (χ4v) is 4.36. The van der Waals surface area contributed by atoms with Gasteiger partial charge in [0.05, 0.1) is 0 Å². The van der Waals surface area contributed by atoms with E-state index in [1.807, 2.05) is 103 Å². The lowest BCUT2D eigenvalue weighted by atomic mass is 9.80. The van der Waals surface area contributed by atoms with Crippen LogP contribution in [0.4, 0.5) is 0 Å². The van der Waals surface area contributed by atoms with Gasteiger partial charge in [-0.05, 0) is 46.7 Å². The van der Waals surface area contributed by atoms with Crippen molar-refractivity contribution >= 4 is 12.0 Å². The number of hydrogen-bond acceptors (Lipinski definition) is 3. The molecule has 0 saturated heterocycles.